The van der Waals surface area contributed by atoms with Crippen molar-refractivity contribution >= 4 is 0 Å². The normalized spacial score (nSPS) is 39.5. The van der Waals surface area contributed by atoms with Crippen LogP contribution in [0.25, 0.3) is 0 Å². The van der Waals surface area contributed by atoms with Crippen LogP contribution < -0.4 is 5.73 Å². The Labute approximate surface area is 112 Å². The van der Waals surface area contributed by atoms with Gasteiger partial charge in [-0.2, -0.15) is 0 Å². The predicted octanol–water partition coefficient (Wildman–Crippen LogP) is 3.47. The van der Waals surface area contributed by atoms with Crippen molar-refractivity contribution < 1.29 is 5.11 Å². The van der Waals surface area contributed by atoms with Crippen LogP contribution in [0.1, 0.15) is 72.1 Å². The third-order valence-corrected chi connectivity index (χ3v) is 5.79. The molecule has 2 heteroatoms. The molecule has 2 fully saturated rings. The zero-order valence-electron chi connectivity index (χ0n) is 12.5. The summed E-state index contributed by atoms with van der Waals surface area (Å²) >= 11 is 0. The molecule has 106 valence electrons. The number of hydrogen-bond donors (Lipinski definition) is 2. The SMILES string of the molecule is CC1CC(C)(C)CC1(O)C1(CN)CCCCCC1. The Morgan fingerprint density at radius 2 is 1.67 bits per heavy atom. The lowest BCUT2D eigenvalue weighted by Crippen LogP contribution is -2.54. The van der Waals surface area contributed by atoms with E-state index in [1.54, 1.807) is 0 Å². The van der Waals surface area contributed by atoms with E-state index in [0.717, 1.165) is 25.7 Å². The van der Waals surface area contributed by atoms with Crippen LogP contribution in [0.15, 0.2) is 0 Å². The van der Waals surface area contributed by atoms with Crippen molar-refractivity contribution in [2.24, 2.45) is 22.5 Å². The molecule has 0 aromatic rings. The van der Waals surface area contributed by atoms with Gasteiger partial charge in [0.15, 0.2) is 0 Å². The van der Waals surface area contributed by atoms with Gasteiger partial charge in [-0.3, -0.25) is 0 Å². The first-order valence-corrected chi connectivity index (χ1v) is 7.78. The van der Waals surface area contributed by atoms with Crippen molar-refractivity contribution in [3.8, 4) is 0 Å². The molecule has 0 radical (unpaired) electrons. The van der Waals surface area contributed by atoms with Gasteiger partial charge in [0.1, 0.15) is 0 Å². The van der Waals surface area contributed by atoms with Crippen LogP contribution in [-0.4, -0.2) is 17.3 Å². The van der Waals surface area contributed by atoms with Crippen molar-refractivity contribution in [2.75, 3.05) is 6.54 Å². The number of hydrogen-bond acceptors (Lipinski definition) is 2. The molecule has 0 aliphatic heterocycles. The van der Waals surface area contributed by atoms with Crippen LogP contribution in [0.2, 0.25) is 0 Å². The third kappa shape index (κ3) is 2.22. The number of rotatable bonds is 2. The van der Waals surface area contributed by atoms with Gasteiger partial charge in [-0.25, -0.2) is 0 Å². The van der Waals surface area contributed by atoms with Gasteiger partial charge in [0.05, 0.1) is 5.60 Å². The first-order chi connectivity index (χ1) is 8.35. The van der Waals surface area contributed by atoms with Gasteiger partial charge < -0.3 is 10.8 Å². The lowest BCUT2D eigenvalue weighted by atomic mass is 9.62. The van der Waals surface area contributed by atoms with E-state index in [1.807, 2.05) is 0 Å². The van der Waals surface area contributed by atoms with E-state index in [4.69, 9.17) is 5.73 Å². The van der Waals surface area contributed by atoms with E-state index in [0.29, 0.717) is 12.5 Å². The minimum absolute atomic E-state index is 0.0172. The molecule has 0 amide bonds. The minimum atomic E-state index is -0.532. The highest BCUT2D eigenvalue weighted by Crippen LogP contribution is 2.58. The van der Waals surface area contributed by atoms with E-state index >= 15 is 0 Å². The molecular weight excluding hydrogens is 222 g/mol. The van der Waals surface area contributed by atoms with Crippen LogP contribution in [-0.2, 0) is 0 Å². The zero-order valence-corrected chi connectivity index (χ0v) is 12.5. The van der Waals surface area contributed by atoms with Crippen LogP contribution in [0.5, 0.6) is 0 Å². The maximum absolute atomic E-state index is 11.4. The molecule has 0 aromatic carbocycles. The largest absolute Gasteiger partial charge is 0.389 e. The Morgan fingerprint density at radius 1 is 1.11 bits per heavy atom. The van der Waals surface area contributed by atoms with Crippen LogP contribution in [0.4, 0.5) is 0 Å². The Balaban J connectivity index is 2.30. The zero-order chi connectivity index (χ0) is 13.4. The standard InChI is InChI=1S/C16H31NO/c1-13-10-14(2,3)11-16(13,18)15(12-17)8-6-4-5-7-9-15/h13,18H,4-12,17H2,1-3H3. The fourth-order valence-electron chi connectivity index (χ4n) is 4.90. The second-order valence-electron chi connectivity index (χ2n) is 7.77. The van der Waals surface area contributed by atoms with Crippen molar-refractivity contribution in [1.82, 2.24) is 0 Å². The Bertz CT molecular complexity index is 291. The Kier molecular flexibility index (Phi) is 3.81. The van der Waals surface area contributed by atoms with Gasteiger partial charge in [0.25, 0.3) is 0 Å². The van der Waals surface area contributed by atoms with Crippen molar-refractivity contribution in [3.05, 3.63) is 0 Å². The monoisotopic (exact) mass is 253 g/mol. The quantitative estimate of drug-likeness (QED) is 0.740. The number of aliphatic hydroxyl groups is 1. The number of nitrogens with two attached hydrogens (primary N) is 1. The molecule has 2 aliphatic rings. The molecule has 2 rings (SSSR count). The van der Waals surface area contributed by atoms with Crippen LogP contribution >= 0.6 is 0 Å². The van der Waals surface area contributed by atoms with E-state index < -0.39 is 5.60 Å². The molecule has 2 unspecified atom stereocenters. The molecule has 18 heavy (non-hydrogen) atoms. The molecule has 3 N–H and O–H groups in total. The molecule has 0 heterocycles. The van der Waals surface area contributed by atoms with Gasteiger partial charge in [0, 0.05) is 12.0 Å². The highest BCUT2D eigenvalue weighted by molar-refractivity contribution is 5.09. The van der Waals surface area contributed by atoms with Gasteiger partial charge in [-0.1, -0.05) is 46.5 Å². The molecule has 2 atom stereocenters. The summed E-state index contributed by atoms with van der Waals surface area (Å²) in [6, 6.07) is 0. The van der Waals surface area contributed by atoms with Gasteiger partial charge in [0.2, 0.25) is 0 Å². The maximum Gasteiger partial charge on any atom is 0.0746 e. The second-order valence-corrected chi connectivity index (χ2v) is 7.77. The molecule has 0 saturated heterocycles. The van der Waals surface area contributed by atoms with Crippen molar-refractivity contribution in [1.29, 1.82) is 0 Å². The van der Waals surface area contributed by atoms with Gasteiger partial charge in [-0.15, -0.1) is 0 Å². The van der Waals surface area contributed by atoms with Gasteiger partial charge in [-0.05, 0) is 37.0 Å². The fraction of sp³-hybridized carbons (Fsp3) is 1.00. The lowest BCUT2D eigenvalue weighted by molar-refractivity contribution is -0.116. The Morgan fingerprint density at radius 3 is 2.06 bits per heavy atom. The van der Waals surface area contributed by atoms with Crippen LogP contribution in [0, 0.1) is 16.7 Å². The molecule has 2 aliphatic carbocycles. The average molecular weight is 253 g/mol. The molecule has 0 aromatic heterocycles. The predicted molar refractivity (Wildman–Crippen MR) is 76.3 cm³/mol. The third-order valence-electron chi connectivity index (χ3n) is 5.79. The summed E-state index contributed by atoms with van der Waals surface area (Å²) in [5.41, 5.74) is 5.88. The van der Waals surface area contributed by atoms with E-state index in [1.165, 1.54) is 25.7 Å². The minimum Gasteiger partial charge on any atom is -0.389 e. The van der Waals surface area contributed by atoms with Crippen LogP contribution in [0.3, 0.4) is 0 Å². The van der Waals surface area contributed by atoms with E-state index in [2.05, 4.69) is 20.8 Å². The summed E-state index contributed by atoms with van der Waals surface area (Å²) in [5.74, 6) is 0.383. The summed E-state index contributed by atoms with van der Waals surface area (Å²) in [6.45, 7) is 7.48. The fourth-order valence-corrected chi connectivity index (χ4v) is 4.90. The van der Waals surface area contributed by atoms with E-state index in [-0.39, 0.29) is 10.8 Å². The van der Waals surface area contributed by atoms with Crippen molar-refractivity contribution in [2.45, 2.75) is 77.7 Å². The highest BCUT2D eigenvalue weighted by atomic mass is 16.3. The summed E-state index contributed by atoms with van der Waals surface area (Å²) < 4.78 is 0. The summed E-state index contributed by atoms with van der Waals surface area (Å²) in [5, 5.41) is 11.4. The summed E-state index contributed by atoms with van der Waals surface area (Å²) in [6.07, 6.45) is 9.43. The highest BCUT2D eigenvalue weighted by Gasteiger charge is 2.58. The van der Waals surface area contributed by atoms with E-state index in [9.17, 15) is 5.11 Å². The molecule has 0 bridgehead atoms. The molecule has 0 spiro atoms. The maximum atomic E-state index is 11.4. The molecule has 2 saturated carbocycles. The van der Waals surface area contributed by atoms with Crippen molar-refractivity contribution in [3.63, 3.8) is 0 Å². The molecular formula is C16H31NO. The first-order valence-electron chi connectivity index (χ1n) is 7.78. The van der Waals surface area contributed by atoms with Gasteiger partial charge >= 0.3 is 0 Å². The summed E-state index contributed by atoms with van der Waals surface area (Å²) in [4.78, 5) is 0. The lowest BCUT2D eigenvalue weighted by Gasteiger charge is -2.48. The smallest absolute Gasteiger partial charge is 0.0746 e. The summed E-state index contributed by atoms with van der Waals surface area (Å²) in [7, 11) is 0. The topological polar surface area (TPSA) is 46.2 Å². The average Bonchev–Trinajstić information content (AvgIpc) is 2.49. The Hall–Kier alpha value is -0.0800. The second kappa shape index (κ2) is 4.79. The first kappa shape index (κ1) is 14.3. The molecule has 2 nitrogen and oxygen atoms in total.